The fourth-order valence-electron chi connectivity index (χ4n) is 1.15. The molecule has 0 amide bonds. The highest BCUT2D eigenvalue weighted by molar-refractivity contribution is 6.32. The molecule has 1 aromatic carbocycles. The van der Waals surface area contributed by atoms with Crippen LogP contribution in [0.2, 0.25) is 5.02 Å². The van der Waals surface area contributed by atoms with Crippen LogP contribution in [0.1, 0.15) is 19.4 Å². The Morgan fingerprint density at radius 2 is 2.00 bits per heavy atom. The van der Waals surface area contributed by atoms with E-state index in [1.807, 2.05) is 24.3 Å². The highest BCUT2D eigenvalue weighted by Gasteiger charge is 2.03. The van der Waals surface area contributed by atoms with Gasteiger partial charge in [-0.1, -0.05) is 55.3 Å². The highest BCUT2D eigenvalue weighted by atomic mass is 35.5. The van der Waals surface area contributed by atoms with Gasteiger partial charge in [-0.15, -0.1) is 11.6 Å². The number of hydrogen-bond acceptors (Lipinski definition) is 0. The average Bonchev–Trinajstić information content (AvgIpc) is 2.16. The van der Waals surface area contributed by atoms with E-state index in [-0.39, 0.29) is 0 Å². The summed E-state index contributed by atoms with van der Waals surface area (Å²) in [7, 11) is 0. The lowest BCUT2D eigenvalue weighted by molar-refractivity contribution is 0.778. The maximum absolute atomic E-state index is 6.04. The monoisotopic (exact) mass is 228 g/mol. The van der Waals surface area contributed by atoms with Crippen molar-refractivity contribution < 1.29 is 0 Å². The van der Waals surface area contributed by atoms with Crippen molar-refractivity contribution in [2.75, 3.05) is 5.88 Å². The Hall–Kier alpha value is -0.460. The van der Waals surface area contributed by atoms with Crippen LogP contribution in [0.5, 0.6) is 0 Å². The zero-order chi connectivity index (χ0) is 10.6. The molecule has 14 heavy (non-hydrogen) atoms. The Kier molecular flexibility index (Phi) is 4.50. The maximum Gasteiger partial charge on any atom is 0.0478 e. The molecule has 0 radical (unpaired) electrons. The van der Waals surface area contributed by atoms with Gasteiger partial charge in [-0.25, -0.2) is 0 Å². The lowest BCUT2D eigenvalue weighted by atomic mass is 10.0. The van der Waals surface area contributed by atoms with Gasteiger partial charge in [-0.2, -0.15) is 0 Å². The van der Waals surface area contributed by atoms with Gasteiger partial charge < -0.3 is 0 Å². The van der Waals surface area contributed by atoms with Crippen molar-refractivity contribution in [3.8, 4) is 0 Å². The first-order valence-electron chi connectivity index (χ1n) is 4.66. The standard InChI is InChI=1S/C12H14Cl2/c1-9(2)11(8-13)7-10-5-3-4-6-12(10)14/h3-7,9H,8H2,1-2H3. The van der Waals surface area contributed by atoms with Crippen LogP contribution in [0.3, 0.4) is 0 Å². The van der Waals surface area contributed by atoms with Gasteiger partial charge in [0.2, 0.25) is 0 Å². The molecule has 0 spiro atoms. The summed E-state index contributed by atoms with van der Waals surface area (Å²) < 4.78 is 0. The van der Waals surface area contributed by atoms with Crippen LogP contribution in [-0.2, 0) is 0 Å². The van der Waals surface area contributed by atoms with Gasteiger partial charge in [0, 0.05) is 10.9 Å². The van der Waals surface area contributed by atoms with Gasteiger partial charge in [0.1, 0.15) is 0 Å². The van der Waals surface area contributed by atoms with E-state index in [9.17, 15) is 0 Å². The molecule has 1 aromatic rings. The summed E-state index contributed by atoms with van der Waals surface area (Å²) in [4.78, 5) is 0. The molecule has 0 nitrogen and oxygen atoms in total. The Balaban J connectivity index is 3.00. The van der Waals surface area contributed by atoms with E-state index in [1.165, 1.54) is 5.57 Å². The molecule has 0 aliphatic carbocycles. The number of hydrogen-bond donors (Lipinski definition) is 0. The number of allylic oxidation sites excluding steroid dienone is 1. The zero-order valence-electron chi connectivity index (χ0n) is 8.43. The summed E-state index contributed by atoms with van der Waals surface area (Å²) in [5, 5.41) is 0.774. The molecule has 0 bridgehead atoms. The van der Waals surface area contributed by atoms with E-state index in [0.717, 1.165) is 10.6 Å². The van der Waals surface area contributed by atoms with Gasteiger partial charge in [0.25, 0.3) is 0 Å². The van der Waals surface area contributed by atoms with Crippen LogP contribution in [0, 0.1) is 5.92 Å². The van der Waals surface area contributed by atoms with Crippen LogP contribution >= 0.6 is 23.2 Å². The molecule has 0 saturated heterocycles. The summed E-state index contributed by atoms with van der Waals surface area (Å²) in [6.07, 6.45) is 2.07. The first kappa shape index (κ1) is 11.6. The number of alkyl halides is 1. The third kappa shape index (κ3) is 3.04. The summed E-state index contributed by atoms with van der Waals surface area (Å²) in [5.74, 6) is 1.02. The molecule has 0 N–H and O–H groups in total. The molecule has 0 unspecified atom stereocenters. The molecule has 0 saturated carbocycles. The van der Waals surface area contributed by atoms with Gasteiger partial charge in [-0.05, 0) is 17.5 Å². The molecule has 0 aromatic heterocycles. The second kappa shape index (κ2) is 5.43. The topological polar surface area (TPSA) is 0 Å². The van der Waals surface area contributed by atoms with Gasteiger partial charge in [0.05, 0.1) is 0 Å². The highest BCUT2D eigenvalue weighted by Crippen LogP contribution is 2.21. The predicted octanol–water partition coefficient (Wildman–Crippen LogP) is 4.62. The minimum absolute atomic E-state index is 0.462. The molecule has 1 rings (SSSR count). The number of benzene rings is 1. The molecule has 76 valence electrons. The van der Waals surface area contributed by atoms with Crippen molar-refractivity contribution in [3.63, 3.8) is 0 Å². The van der Waals surface area contributed by atoms with E-state index in [1.54, 1.807) is 0 Å². The molecule has 0 atom stereocenters. The Morgan fingerprint density at radius 3 is 2.50 bits per heavy atom. The normalized spacial score (nSPS) is 12.2. The summed E-state index contributed by atoms with van der Waals surface area (Å²) in [5.41, 5.74) is 2.25. The molecule has 0 aliphatic rings. The van der Waals surface area contributed by atoms with Gasteiger partial charge in [-0.3, -0.25) is 0 Å². The van der Waals surface area contributed by atoms with E-state index >= 15 is 0 Å². The van der Waals surface area contributed by atoms with Crippen molar-refractivity contribution in [2.24, 2.45) is 5.92 Å². The summed E-state index contributed by atoms with van der Waals surface area (Å²) >= 11 is 11.9. The largest absolute Gasteiger partial charge is 0.122 e. The van der Waals surface area contributed by atoms with E-state index in [4.69, 9.17) is 23.2 Å². The minimum Gasteiger partial charge on any atom is -0.122 e. The second-order valence-electron chi connectivity index (χ2n) is 3.53. The molecular weight excluding hydrogens is 215 g/mol. The number of rotatable bonds is 3. The Morgan fingerprint density at radius 1 is 1.36 bits per heavy atom. The van der Waals surface area contributed by atoms with Gasteiger partial charge >= 0.3 is 0 Å². The van der Waals surface area contributed by atoms with E-state index in [0.29, 0.717) is 11.8 Å². The van der Waals surface area contributed by atoms with E-state index in [2.05, 4.69) is 19.9 Å². The Bertz CT molecular complexity index is 327. The third-order valence-electron chi connectivity index (χ3n) is 2.14. The SMILES string of the molecule is CC(C)C(=Cc1ccccc1Cl)CCl. The van der Waals surface area contributed by atoms with Crippen molar-refractivity contribution >= 4 is 29.3 Å². The lowest BCUT2D eigenvalue weighted by Crippen LogP contribution is -1.95. The fraction of sp³-hybridized carbons (Fsp3) is 0.333. The lowest BCUT2D eigenvalue weighted by Gasteiger charge is -2.08. The molecule has 2 heteroatoms. The van der Waals surface area contributed by atoms with Crippen molar-refractivity contribution in [3.05, 3.63) is 40.4 Å². The third-order valence-corrected chi connectivity index (χ3v) is 2.79. The first-order valence-corrected chi connectivity index (χ1v) is 5.57. The molecule has 0 heterocycles. The maximum atomic E-state index is 6.04. The molecular formula is C12H14Cl2. The summed E-state index contributed by atoms with van der Waals surface area (Å²) in [6.45, 7) is 4.26. The fourth-order valence-corrected chi connectivity index (χ4v) is 1.73. The molecule has 0 aliphatic heterocycles. The van der Waals surface area contributed by atoms with Crippen LogP contribution < -0.4 is 0 Å². The minimum atomic E-state index is 0.462. The summed E-state index contributed by atoms with van der Waals surface area (Å²) in [6, 6.07) is 7.79. The Labute approximate surface area is 95.5 Å². The second-order valence-corrected chi connectivity index (χ2v) is 4.20. The van der Waals surface area contributed by atoms with Crippen LogP contribution in [0.25, 0.3) is 6.08 Å². The first-order chi connectivity index (χ1) is 6.65. The predicted molar refractivity (Wildman–Crippen MR) is 65.0 cm³/mol. The molecule has 0 fully saturated rings. The van der Waals surface area contributed by atoms with Crippen LogP contribution in [-0.4, -0.2) is 5.88 Å². The van der Waals surface area contributed by atoms with Crippen molar-refractivity contribution in [2.45, 2.75) is 13.8 Å². The van der Waals surface area contributed by atoms with Crippen LogP contribution in [0.4, 0.5) is 0 Å². The van der Waals surface area contributed by atoms with Crippen LogP contribution in [0.15, 0.2) is 29.8 Å². The smallest absolute Gasteiger partial charge is 0.0478 e. The van der Waals surface area contributed by atoms with Crippen molar-refractivity contribution in [1.82, 2.24) is 0 Å². The van der Waals surface area contributed by atoms with Gasteiger partial charge in [0.15, 0.2) is 0 Å². The van der Waals surface area contributed by atoms with Crippen molar-refractivity contribution in [1.29, 1.82) is 0 Å². The quantitative estimate of drug-likeness (QED) is 0.663. The number of halogens is 2. The average molecular weight is 229 g/mol. The zero-order valence-corrected chi connectivity index (χ0v) is 9.94. The van der Waals surface area contributed by atoms with E-state index < -0.39 is 0 Å².